The van der Waals surface area contributed by atoms with E-state index in [4.69, 9.17) is 4.74 Å². The molecule has 2 aromatic rings. The predicted molar refractivity (Wildman–Crippen MR) is 86.4 cm³/mol. The molecule has 0 spiro atoms. The highest BCUT2D eigenvalue weighted by Gasteiger charge is 2.22. The minimum absolute atomic E-state index is 0.0576. The Balaban J connectivity index is 2.40. The Morgan fingerprint density at radius 1 is 1.26 bits per heavy atom. The molecular weight excluding hydrogens is 299 g/mol. The van der Waals surface area contributed by atoms with Gasteiger partial charge >= 0.3 is 0 Å². The van der Waals surface area contributed by atoms with Crippen molar-refractivity contribution in [3.8, 4) is 5.75 Å². The molecular formula is C17H23FN2O3. The molecule has 0 amide bonds. The molecule has 0 aliphatic heterocycles. The lowest BCUT2D eigenvalue weighted by Crippen LogP contribution is -2.13. The summed E-state index contributed by atoms with van der Waals surface area (Å²) in [4.78, 5) is 12.1. The van der Waals surface area contributed by atoms with Gasteiger partial charge in [-0.25, -0.2) is 4.39 Å². The first kappa shape index (κ1) is 17.3. The summed E-state index contributed by atoms with van der Waals surface area (Å²) >= 11 is 0. The Morgan fingerprint density at radius 2 is 1.91 bits per heavy atom. The van der Waals surface area contributed by atoms with Gasteiger partial charge in [-0.05, 0) is 52.3 Å². The number of rotatable bonds is 5. The van der Waals surface area contributed by atoms with Gasteiger partial charge in [0.05, 0.1) is 11.7 Å². The quantitative estimate of drug-likeness (QED) is 0.889. The largest absolute Gasteiger partial charge is 0.488 e. The van der Waals surface area contributed by atoms with Gasteiger partial charge < -0.3 is 9.84 Å². The molecule has 1 aromatic heterocycles. The molecule has 1 atom stereocenters. The number of H-pyrrole nitrogens is 1. The molecule has 0 fully saturated rings. The number of hydrogen-bond donors (Lipinski definition) is 2. The van der Waals surface area contributed by atoms with Crippen molar-refractivity contribution in [3.05, 3.63) is 51.2 Å². The second-order valence-electron chi connectivity index (χ2n) is 6.16. The van der Waals surface area contributed by atoms with Gasteiger partial charge in [0.2, 0.25) is 0 Å². The number of aliphatic hydroxyl groups excluding tert-OH is 1. The second kappa shape index (κ2) is 6.58. The Hall–Kier alpha value is -2.08. The van der Waals surface area contributed by atoms with E-state index in [1.54, 1.807) is 31.5 Å². The number of nitrogens with zero attached hydrogens (tertiary/aromatic N) is 1. The molecule has 126 valence electrons. The van der Waals surface area contributed by atoms with Gasteiger partial charge in [0.25, 0.3) is 5.56 Å². The molecule has 0 aliphatic carbocycles. The molecule has 0 saturated heterocycles. The fourth-order valence-corrected chi connectivity index (χ4v) is 2.59. The zero-order valence-electron chi connectivity index (χ0n) is 14.1. The lowest BCUT2D eigenvalue weighted by molar-refractivity contribution is 0.215. The summed E-state index contributed by atoms with van der Waals surface area (Å²) in [5.41, 5.74) is 0.816. The zero-order valence-corrected chi connectivity index (χ0v) is 14.1. The van der Waals surface area contributed by atoms with E-state index in [9.17, 15) is 14.3 Å². The van der Waals surface area contributed by atoms with Gasteiger partial charge in [-0.15, -0.1) is 0 Å². The van der Waals surface area contributed by atoms with Gasteiger partial charge in [0.1, 0.15) is 6.10 Å². The van der Waals surface area contributed by atoms with Gasteiger partial charge in [-0.3, -0.25) is 14.6 Å². The molecule has 23 heavy (non-hydrogen) atoms. The van der Waals surface area contributed by atoms with E-state index in [1.165, 1.54) is 12.1 Å². The third kappa shape index (κ3) is 3.47. The number of ether oxygens (including phenoxy) is 1. The summed E-state index contributed by atoms with van der Waals surface area (Å²) in [7, 11) is 0. The topological polar surface area (TPSA) is 67.2 Å². The molecule has 0 saturated carbocycles. The maximum atomic E-state index is 14.1. The molecule has 2 rings (SSSR count). The van der Waals surface area contributed by atoms with E-state index in [0.29, 0.717) is 11.3 Å². The first-order chi connectivity index (χ1) is 10.7. The van der Waals surface area contributed by atoms with Gasteiger partial charge in [-0.2, -0.15) is 0 Å². The lowest BCUT2D eigenvalue weighted by atomic mass is 10.0. The summed E-state index contributed by atoms with van der Waals surface area (Å²) in [6.45, 7) is 9.22. The zero-order chi connectivity index (χ0) is 17.3. The van der Waals surface area contributed by atoms with Crippen LogP contribution in [-0.2, 0) is 0 Å². The number of nitrogens with one attached hydrogen (secondary N) is 1. The first-order valence-electron chi connectivity index (χ1n) is 7.67. The van der Waals surface area contributed by atoms with Crippen molar-refractivity contribution < 1.29 is 14.2 Å². The maximum Gasteiger partial charge on any atom is 0.270 e. The SMILES string of the molecule is Cc1c(C(O)c2ccc(OC(C)C)c(F)c2)c(=O)[nH]n1C(C)C. The summed E-state index contributed by atoms with van der Waals surface area (Å²) in [6.07, 6.45) is -1.34. The molecule has 0 aliphatic rings. The minimum Gasteiger partial charge on any atom is -0.488 e. The van der Waals surface area contributed by atoms with Crippen LogP contribution in [0.25, 0.3) is 0 Å². The van der Waals surface area contributed by atoms with Crippen molar-refractivity contribution in [3.63, 3.8) is 0 Å². The van der Waals surface area contributed by atoms with E-state index in [1.807, 2.05) is 13.8 Å². The predicted octanol–water partition coefficient (Wildman–Crippen LogP) is 3.07. The number of aromatic amines is 1. The van der Waals surface area contributed by atoms with E-state index in [0.717, 1.165) is 0 Å². The summed E-state index contributed by atoms with van der Waals surface area (Å²) in [6, 6.07) is 4.30. The third-order valence-electron chi connectivity index (χ3n) is 3.64. The van der Waals surface area contributed by atoms with Crippen LogP contribution in [0.2, 0.25) is 0 Å². The summed E-state index contributed by atoms with van der Waals surface area (Å²) in [5, 5.41) is 13.2. The Morgan fingerprint density at radius 3 is 2.39 bits per heavy atom. The van der Waals surface area contributed by atoms with Crippen LogP contribution < -0.4 is 10.3 Å². The number of hydrogen-bond acceptors (Lipinski definition) is 3. The van der Waals surface area contributed by atoms with Crippen LogP contribution in [-0.4, -0.2) is 21.0 Å². The molecule has 5 nitrogen and oxygen atoms in total. The fourth-order valence-electron chi connectivity index (χ4n) is 2.59. The highest BCUT2D eigenvalue weighted by molar-refractivity contribution is 5.36. The minimum atomic E-state index is -1.19. The standard InChI is InChI=1S/C17H23FN2O3/c1-9(2)20-11(5)15(17(22)19-20)16(21)12-6-7-14(13(18)8-12)23-10(3)4/h6-10,16,21H,1-5H3,(H,19,22). The average molecular weight is 322 g/mol. The number of benzene rings is 1. The Bertz CT molecular complexity index is 747. The van der Waals surface area contributed by atoms with E-state index in [2.05, 4.69) is 5.10 Å². The lowest BCUT2D eigenvalue weighted by Gasteiger charge is -2.15. The van der Waals surface area contributed by atoms with Crippen molar-refractivity contribution in [1.82, 2.24) is 9.78 Å². The molecule has 1 heterocycles. The van der Waals surface area contributed by atoms with Crippen LogP contribution in [0.15, 0.2) is 23.0 Å². The summed E-state index contributed by atoms with van der Waals surface area (Å²) in [5.74, 6) is -0.436. The van der Waals surface area contributed by atoms with Crippen LogP contribution >= 0.6 is 0 Å². The van der Waals surface area contributed by atoms with E-state index < -0.39 is 11.9 Å². The Labute approximate surface area is 134 Å². The average Bonchev–Trinajstić information content (AvgIpc) is 2.75. The molecule has 6 heteroatoms. The van der Waals surface area contributed by atoms with Gasteiger partial charge in [0.15, 0.2) is 11.6 Å². The normalized spacial score (nSPS) is 12.9. The van der Waals surface area contributed by atoms with Crippen LogP contribution in [0.1, 0.15) is 56.7 Å². The van der Waals surface area contributed by atoms with Crippen molar-refractivity contribution in [2.45, 2.75) is 52.9 Å². The second-order valence-corrected chi connectivity index (χ2v) is 6.16. The van der Waals surface area contributed by atoms with Crippen LogP contribution in [0.3, 0.4) is 0 Å². The van der Waals surface area contributed by atoms with E-state index in [-0.39, 0.29) is 29.0 Å². The van der Waals surface area contributed by atoms with Crippen molar-refractivity contribution in [2.75, 3.05) is 0 Å². The maximum absolute atomic E-state index is 14.1. The first-order valence-corrected chi connectivity index (χ1v) is 7.67. The van der Waals surface area contributed by atoms with Crippen molar-refractivity contribution in [1.29, 1.82) is 0 Å². The summed E-state index contributed by atoms with van der Waals surface area (Å²) < 4.78 is 21.1. The van der Waals surface area contributed by atoms with Crippen LogP contribution in [0.4, 0.5) is 4.39 Å². The van der Waals surface area contributed by atoms with E-state index >= 15 is 0 Å². The van der Waals surface area contributed by atoms with Crippen molar-refractivity contribution in [2.24, 2.45) is 0 Å². The number of aromatic nitrogens is 2. The highest BCUT2D eigenvalue weighted by Crippen LogP contribution is 2.27. The van der Waals surface area contributed by atoms with Gasteiger partial charge in [0, 0.05) is 11.7 Å². The Kier molecular flexibility index (Phi) is 4.94. The highest BCUT2D eigenvalue weighted by atomic mass is 19.1. The monoisotopic (exact) mass is 322 g/mol. The van der Waals surface area contributed by atoms with Gasteiger partial charge in [-0.1, -0.05) is 6.07 Å². The van der Waals surface area contributed by atoms with Crippen LogP contribution in [0.5, 0.6) is 5.75 Å². The van der Waals surface area contributed by atoms with Crippen molar-refractivity contribution >= 4 is 0 Å². The number of aliphatic hydroxyl groups is 1. The molecule has 0 bridgehead atoms. The van der Waals surface area contributed by atoms with Crippen LogP contribution in [0, 0.1) is 12.7 Å². The smallest absolute Gasteiger partial charge is 0.270 e. The molecule has 1 unspecified atom stereocenters. The molecule has 0 radical (unpaired) electrons. The third-order valence-corrected chi connectivity index (χ3v) is 3.64. The fraction of sp³-hybridized carbons (Fsp3) is 0.471. The molecule has 1 aromatic carbocycles. The molecule has 2 N–H and O–H groups in total. The number of halogens is 1.